The van der Waals surface area contributed by atoms with Gasteiger partial charge in [-0.25, -0.2) is 4.79 Å². The summed E-state index contributed by atoms with van der Waals surface area (Å²) < 4.78 is 45.6. The first-order valence-electron chi connectivity index (χ1n) is 9.04. The lowest BCUT2D eigenvalue weighted by Crippen LogP contribution is -2.56. The predicted octanol–water partition coefficient (Wildman–Crippen LogP) is 3.78. The van der Waals surface area contributed by atoms with E-state index in [0.717, 1.165) is 5.57 Å². The summed E-state index contributed by atoms with van der Waals surface area (Å²) in [4.78, 5) is 26.2. The van der Waals surface area contributed by atoms with Gasteiger partial charge in [0.05, 0.1) is 12.2 Å². The van der Waals surface area contributed by atoms with Gasteiger partial charge in [0.1, 0.15) is 0 Å². The predicted molar refractivity (Wildman–Crippen MR) is 89.0 cm³/mol. The van der Waals surface area contributed by atoms with Gasteiger partial charge in [0.2, 0.25) is 5.91 Å². The highest BCUT2D eigenvalue weighted by Gasteiger charge is 2.54. The summed E-state index contributed by atoms with van der Waals surface area (Å²) >= 11 is 0. The van der Waals surface area contributed by atoms with E-state index in [1.54, 1.807) is 24.9 Å². The smallest absolute Gasteiger partial charge is 0.413 e. The topological polar surface area (TPSA) is 46.6 Å². The number of alkyl halides is 3. The number of ether oxygens (including phenoxy) is 1. The van der Waals surface area contributed by atoms with Crippen LogP contribution in [0.15, 0.2) is 22.8 Å². The molecule has 1 amide bonds. The molecule has 0 aromatic carbocycles. The number of esters is 1. The van der Waals surface area contributed by atoms with Crippen molar-refractivity contribution >= 4 is 11.9 Å². The van der Waals surface area contributed by atoms with Gasteiger partial charge in [0.15, 0.2) is 0 Å². The molecule has 2 aliphatic carbocycles. The molecular weight excluding hydrogens is 347 g/mol. The third kappa shape index (κ3) is 2.85. The molecule has 1 saturated heterocycles. The molecule has 0 aromatic heterocycles. The fourth-order valence-electron chi connectivity index (χ4n) is 4.99. The van der Waals surface area contributed by atoms with Crippen LogP contribution in [0, 0.1) is 11.3 Å². The monoisotopic (exact) mass is 371 g/mol. The van der Waals surface area contributed by atoms with Crippen LogP contribution in [-0.2, 0) is 14.3 Å². The number of amides is 1. The van der Waals surface area contributed by atoms with Crippen LogP contribution in [0.2, 0.25) is 0 Å². The average molecular weight is 371 g/mol. The van der Waals surface area contributed by atoms with Crippen LogP contribution in [0.5, 0.6) is 0 Å². The van der Waals surface area contributed by atoms with E-state index in [2.05, 4.69) is 0 Å². The Labute approximate surface area is 151 Å². The van der Waals surface area contributed by atoms with Gasteiger partial charge in [-0.05, 0) is 32.6 Å². The van der Waals surface area contributed by atoms with Crippen molar-refractivity contribution in [3.63, 3.8) is 0 Å². The van der Waals surface area contributed by atoms with E-state index < -0.39 is 29.1 Å². The van der Waals surface area contributed by atoms with E-state index >= 15 is 0 Å². The summed E-state index contributed by atoms with van der Waals surface area (Å²) in [6, 6.07) is -0.0397. The number of carbonyl (C=O) groups is 2. The number of allylic oxidation sites excluding steroid dienone is 2. The fraction of sp³-hybridized carbons (Fsp3) is 0.684. The van der Waals surface area contributed by atoms with Crippen LogP contribution in [0.25, 0.3) is 0 Å². The van der Waals surface area contributed by atoms with E-state index in [9.17, 15) is 22.8 Å². The third-order valence-corrected chi connectivity index (χ3v) is 6.26. The van der Waals surface area contributed by atoms with Crippen LogP contribution in [0.4, 0.5) is 13.2 Å². The van der Waals surface area contributed by atoms with Gasteiger partial charge < -0.3 is 9.64 Å². The van der Waals surface area contributed by atoms with Gasteiger partial charge in [-0.1, -0.05) is 18.6 Å². The molecule has 3 atom stereocenters. The zero-order valence-electron chi connectivity index (χ0n) is 15.3. The fourth-order valence-corrected chi connectivity index (χ4v) is 4.99. The van der Waals surface area contributed by atoms with E-state index in [0.29, 0.717) is 25.7 Å². The molecule has 3 rings (SSSR count). The van der Waals surface area contributed by atoms with E-state index in [4.69, 9.17) is 4.74 Å². The Morgan fingerprint density at radius 1 is 1.38 bits per heavy atom. The summed E-state index contributed by atoms with van der Waals surface area (Å²) in [6.45, 7) is 3.64. The highest BCUT2D eigenvalue weighted by molar-refractivity contribution is 5.91. The van der Waals surface area contributed by atoms with Crippen LogP contribution < -0.4 is 0 Å². The Morgan fingerprint density at radius 3 is 2.69 bits per heavy atom. The van der Waals surface area contributed by atoms with E-state index in [-0.39, 0.29) is 30.5 Å². The zero-order valence-corrected chi connectivity index (χ0v) is 15.3. The second-order valence-electron chi connectivity index (χ2n) is 7.54. The van der Waals surface area contributed by atoms with Gasteiger partial charge in [0.25, 0.3) is 0 Å². The van der Waals surface area contributed by atoms with Crippen LogP contribution >= 0.6 is 0 Å². The van der Waals surface area contributed by atoms with Crippen molar-refractivity contribution in [2.24, 2.45) is 11.3 Å². The first kappa shape index (κ1) is 19.0. The normalized spacial score (nSPS) is 32.0. The highest BCUT2D eigenvalue weighted by Crippen LogP contribution is 2.56. The van der Waals surface area contributed by atoms with Crippen LogP contribution in [0.1, 0.15) is 46.0 Å². The van der Waals surface area contributed by atoms with Gasteiger partial charge in [-0.2, -0.15) is 13.2 Å². The van der Waals surface area contributed by atoms with Crippen molar-refractivity contribution in [1.29, 1.82) is 0 Å². The SMILES string of the molecule is CCOC(=O)C1=C(C(F)(F)F)CC=C2C1CC[C@H]1N(C)C(=O)CC[C@]21C. The second-order valence-corrected chi connectivity index (χ2v) is 7.54. The average Bonchev–Trinajstić information content (AvgIpc) is 2.57. The number of piperidine rings is 1. The standard InChI is InChI=1S/C19H24F3NO3/c1-4-26-17(25)16-11-5-8-14-18(2,10-9-15(24)23(14)3)12(11)6-7-13(16)19(20,21)22/h6,11,14H,4-5,7-10H2,1-3H3/t11?,14-,18-/m1/s1. The maximum absolute atomic E-state index is 13.5. The number of hydrogen-bond donors (Lipinski definition) is 0. The summed E-state index contributed by atoms with van der Waals surface area (Å²) in [5.41, 5.74) is -0.548. The molecule has 4 nitrogen and oxygen atoms in total. The van der Waals surface area contributed by atoms with Crippen molar-refractivity contribution < 1.29 is 27.5 Å². The first-order chi connectivity index (χ1) is 12.1. The van der Waals surface area contributed by atoms with Gasteiger partial charge in [-0.3, -0.25) is 4.79 Å². The maximum Gasteiger partial charge on any atom is 0.413 e. The van der Waals surface area contributed by atoms with Crippen molar-refractivity contribution in [3.8, 4) is 0 Å². The van der Waals surface area contributed by atoms with Gasteiger partial charge in [0, 0.05) is 36.4 Å². The Balaban J connectivity index is 2.04. The number of likely N-dealkylation sites (tertiary alicyclic amines) is 1. The van der Waals surface area contributed by atoms with Crippen LogP contribution in [0.3, 0.4) is 0 Å². The van der Waals surface area contributed by atoms with Crippen molar-refractivity contribution in [1.82, 2.24) is 4.90 Å². The minimum absolute atomic E-state index is 0.0381. The summed E-state index contributed by atoms with van der Waals surface area (Å²) in [5, 5.41) is 0. The number of fused-ring (bicyclic) bond motifs is 3. The van der Waals surface area contributed by atoms with Gasteiger partial charge in [-0.15, -0.1) is 0 Å². The third-order valence-electron chi connectivity index (χ3n) is 6.26. The molecule has 1 saturated carbocycles. The van der Waals surface area contributed by atoms with Crippen molar-refractivity contribution in [2.45, 2.75) is 58.2 Å². The minimum atomic E-state index is -4.55. The quantitative estimate of drug-likeness (QED) is 0.548. The molecule has 7 heteroatoms. The number of nitrogens with zero attached hydrogens (tertiary/aromatic N) is 1. The summed E-state index contributed by atoms with van der Waals surface area (Å²) in [5.74, 6) is -1.38. The Kier molecular flexibility index (Phi) is 4.69. The van der Waals surface area contributed by atoms with Crippen LogP contribution in [-0.4, -0.2) is 42.6 Å². The Hall–Kier alpha value is -1.79. The molecule has 0 aromatic rings. The lowest BCUT2D eigenvalue weighted by Gasteiger charge is -2.54. The second kappa shape index (κ2) is 6.43. The molecule has 1 unspecified atom stereocenters. The molecule has 0 bridgehead atoms. The Morgan fingerprint density at radius 2 is 2.08 bits per heavy atom. The van der Waals surface area contributed by atoms with E-state index in [1.807, 2.05) is 6.92 Å². The summed E-state index contributed by atoms with van der Waals surface area (Å²) in [6.07, 6.45) is -1.26. The molecule has 0 spiro atoms. The summed E-state index contributed by atoms with van der Waals surface area (Å²) in [7, 11) is 1.76. The maximum atomic E-state index is 13.5. The molecule has 2 fully saturated rings. The lowest BCUT2D eigenvalue weighted by atomic mass is 9.57. The van der Waals surface area contributed by atoms with Crippen molar-refractivity contribution in [3.05, 3.63) is 22.8 Å². The first-order valence-corrected chi connectivity index (χ1v) is 9.04. The zero-order chi connectivity index (χ0) is 19.3. The molecule has 26 heavy (non-hydrogen) atoms. The minimum Gasteiger partial charge on any atom is -0.463 e. The number of rotatable bonds is 2. The highest BCUT2D eigenvalue weighted by atomic mass is 19.4. The molecule has 1 heterocycles. The molecule has 3 aliphatic rings. The molecule has 0 radical (unpaired) electrons. The van der Waals surface area contributed by atoms with Crippen molar-refractivity contribution in [2.75, 3.05) is 13.7 Å². The van der Waals surface area contributed by atoms with E-state index in [1.165, 1.54) is 0 Å². The lowest BCUT2D eigenvalue weighted by molar-refractivity contribution is -0.143. The Bertz CT molecular complexity index is 695. The number of carbonyl (C=O) groups excluding carboxylic acids is 2. The number of hydrogen-bond acceptors (Lipinski definition) is 3. The molecule has 1 aliphatic heterocycles. The molecule has 144 valence electrons. The molecular formula is C19H24F3NO3. The largest absolute Gasteiger partial charge is 0.463 e. The van der Waals surface area contributed by atoms with Gasteiger partial charge >= 0.3 is 12.1 Å². The number of halogens is 3. The molecule has 0 N–H and O–H groups in total.